The van der Waals surface area contributed by atoms with E-state index in [4.69, 9.17) is 4.74 Å². The van der Waals surface area contributed by atoms with Gasteiger partial charge in [0, 0.05) is 16.8 Å². The molecule has 0 aliphatic heterocycles. The van der Waals surface area contributed by atoms with Gasteiger partial charge in [0.05, 0.1) is 29.0 Å². The summed E-state index contributed by atoms with van der Waals surface area (Å²) in [4.78, 5) is 16.7. The molecule has 0 saturated carbocycles. The highest BCUT2D eigenvalue weighted by atomic mass is 32.1. The molecule has 4 aromatic rings. The van der Waals surface area contributed by atoms with Gasteiger partial charge in [-0.2, -0.15) is 36.0 Å². The molecule has 0 aliphatic rings. The highest BCUT2D eigenvalue weighted by molar-refractivity contribution is 7.19. The first kappa shape index (κ1) is 24.6. The fraction of sp³-hybridized carbons (Fsp3) is 0.286. The molecule has 3 aromatic heterocycles. The fourth-order valence-corrected chi connectivity index (χ4v) is 4.17. The van der Waals surface area contributed by atoms with Gasteiger partial charge in [-0.25, -0.2) is 4.79 Å². The zero-order valence-electron chi connectivity index (χ0n) is 18.2. The number of pyridine rings is 1. The van der Waals surface area contributed by atoms with Crippen molar-refractivity contribution in [2.24, 2.45) is 0 Å². The first-order valence-corrected chi connectivity index (χ1v) is 10.8. The van der Waals surface area contributed by atoms with Crippen LogP contribution in [0.1, 0.15) is 39.8 Å². The van der Waals surface area contributed by atoms with Gasteiger partial charge in [0.2, 0.25) is 4.96 Å². The van der Waals surface area contributed by atoms with Gasteiger partial charge in [-0.1, -0.05) is 11.3 Å². The topological polar surface area (TPSA) is 82.3 Å². The molecule has 7 nitrogen and oxygen atoms in total. The highest BCUT2D eigenvalue weighted by Crippen LogP contribution is 2.39. The standard InChI is InChI=1S/C21H15F6N5O2S/c1-4-34-18(33)15-8-14(9(2)28-10(15)3)16-29-30-19-32(16)31-17(35-19)11-5-12(20(22,23)24)7-13(6-11)21(25,26)27/h5-8H,4H2,1-3H3. The van der Waals surface area contributed by atoms with Gasteiger partial charge in [0.15, 0.2) is 5.82 Å². The maximum Gasteiger partial charge on any atom is 0.416 e. The number of hydrogen-bond acceptors (Lipinski definition) is 7. The SMILES string of the molecule is CCOC(=O)c1cc(-c2nnc3sc(-c4cc(C(F)(F)F)cc(C(F)(F)F)c4)nn23)c(C)nc1C. The lowest BCUT2D eigenvalue weighted by Crippen LogP contribution is -2.11. The first-order chi connectivity index (χ1) is 16.3. The molecule has 0 fully saturated rings. The molecule has 0 saturated heterocycles. The van der Waals surface area contributed by atoms with E-state index in [0.29, 0.717) is 29.1 Å². The molecule has 35 heavy (non-hydrogen) atoms. The van der Waals surface area contributed by atoms with Crippen LogP contribution >= 0.6 is 11.3 Å². The number of nitrogens with zero attached hydrogens (tertiary/aromatic N) is 5. The summed E-state index contributed by atoms with van der Waals surface area (Å²) < 4.78 is 85.8. The lowest BCUT2D eigenvalue weighted by molar-refractivity contribution is -0.143. The van der Waals surface area contributed by atoms with Crippen molar-refractivity contribution in [2.45, 2.75) is 33.1 Å². The van der Waals surface area contributed by atoms with Crippen LogP contribution in [0.3, 0.4) is 0 Å². The van der Waals surface area contributed by atoms with Crippen LogP contribution in [0.2, 0.25) is 0 Å². The number of aromatic nitrogens is 5. The summed E-state index contributed by atoms with van der Waals surface area (Å²) in [5, 5.41) is 12.0. The summed E-state index contributed by atoms with van der Waals surface area (Å²) in [5.74, 6) is -0.497. The van der Waals surface area contributed by atoms with Crippen molar-refractivity contribution in [2.75, 3.05) is 6.61 Å². The molecule has 0 bridgehead atoms. The maximum atomic E-state index is 13.3. The Labute approximate surface area is 197 Å². The zero-order valence-corrected chi connectivity index (χ0v) is 19.1. The molecule has 0 amide bonds. The molecule has 0 aliphatic carbocycles. The van der Waals surface area contributed by atoms with Crippen molar-refractivity contribution in [3.63, 3.8) is 0 Å². The average molecular weight is 515 g/mol. The molecular formula is C21H15F6N5O2S. The predicted molar refractivity (Wildman–Crippen MR) is 113 cm³/mol. The largest absolute Gasteiger partial charge is 0.462 e. The monoisotopic (exact) mass is 515 g/mol. The van der Waals surface area contributed by atoms with Crippen LogP contribution in [0.25, 0.3) is 26.9 Å². The summed E-state index contributed by atoms with van der Waals surface area (Å²) >= 11 is 0.764. The zero-order chi connectivity index (χ0) is 25.7. The van der Waals surface area contributed by atoms with Crippen LogP contribution in [-0.4, -0.2) is 37.4 Å². The molecule has 4 rings (SSSR count). The third-order valence-electron chi connectivity index (χ3n) is 4.97. The van der Waals surface area contributed by atoms with E-state index in [-0.39, 0.29) is 39.6 Å². The van der Waals surface area contributed by atoms with Gasteiger partial charge < -0.3 is 4.74 Å². The minimum atomic E-state index is -4.99. The molecule has 0 N–H and O–H groups in total. The van der Waals surface area contributed by atoms with E-state index in [0.717, 1.165) is 11.3 Å². The van der Waals surface area contributed by atoms with Crippen molar-refractivity contribution in [3.8, 4) is 22.0 Å². The molecule has 0 atom stereocenters. The van der Waals surface area contributed by atoms with Gasteiger partial charge in [-0.05, 0) is 45.0 Å². The number of carbonyl (C=O) groups is 1. The summed E-state index contributed by atoms with van der Waals surface area (Å²) in [6.45, 7) is 5.05. The quantitative estimate of drug-likeness (QED) is 0.255. The fourth-order valence-electron chi connectivity index (χ4n) is 3.35. The van der Waals surface area contributed by atoms with E-state index < -0.39 is 29.4 Å². The normalized spacial score (nSPS) is 12.4. The van der Waals surface area contributed by atoms with Gasteiger partial charge in [-0.15, -0.1) is 10.2 Å². The summed E-state index contributed by atoms with van der Waals surface area (Å²) in [7, 11) is 0. The van der Waals surface area contributed by atoms with Gasteiger partial charge in [-0.3, -0.25) is 4.98 Å². The molecule has 0 unspecified atom stereocenters. The van der Waals surface area contributed by atoms with E-state index in [9.17, 15) is 31.1 Å². The molecular weight excluding hydrogens is 500 g/mol. The lowest BCUT2D eigenvalue weighted by atomic mass is 10.1. The van der Waals surface area contributed by atoms with Crippen molar-refractivity contribution in [3.05, 3.63) is 52.3 Å². The number of carbonyl (C=O) groups excluding carboxylic acids is 1. The Kier molecular flexibility index (Phi) is 6.03. The molecule has 0 radical (unpaired) electrons. The molecule has 0 spiro atoms. The number of hydrogen-bond donors (Lipinski definition) is 0. The van der Waals surface area contributed by atoms with E-state index >= 15 is 0 Å². The number of halogens is 6. The number of fused-ring (bicyclic) bond motifs is 1. The van der Waals surface area contributed by atoms with E-state index in [1.165, 1.54) is 10.6 Å². The van der Waals surface area contributed by atoms with Crippen LogP contribution in [0, 0.1) is 13.8 Å². The Morgan fingerprint density at radius 2 is 1.60 bits per heavy atom. The third kappa shape index (κ3) is 4.70. The van der Waals surface area contributed by atoms with Gasteiger partial charge in [0.1, 0.15) is 5.01 Å². The van der Waals surface area contributed by atoms with Crippen LogP contribution in [-0.2, 0) is 17.1 Å². The number of esters is 1. The minimum Gasteiger partial charge on any atom is -0.462 e. The van der Waals surface area contributed by atoms with Gasteiger partial charge in [0.25, 0.3) is 0 Å². The molecule has 3 heterocycles. The summed E-state index contributed by atoms with van der Waals surface area (Å²) in [5.41, 5.74) is -1.89. The maximum absolute atomic E-state index is 13.3. The second kappa shape index (κ2) is 8.59. The second-order valence-corrected chi connectivity index (χ2v) is 8.35. The van der Waals surface area contributed by atoms with Crippen molar-refractivity contribution >= 4 is 22.3 Å². The Morgan fingerprint density at radius 3 is 2.17 bits per heavy atom. The number of ether oxygens (including phenoxy) is 1. The third-order valence-corrected chi connectivity index (χ3v) is 5.91. The van der Waals surface area contributed by atoms with Crippen molar-refractivity contribution in [1.82, 2.24) is 24.8 Å². The molecule has 14 heteroatoms. The molecule has 184 valence electrons. The Hall–Kier alpha value is -3.55. The van der Waals surface area contributed by atoms with Crippen LogP contribution in [0.5, 0.6) is 0 Å². The molecule has 1 aromatic carbocycles. The van der Waals surface area contributed by atoms with Gasteiger partial charge >= 0.3 is 18.3 Å². The smallest absolute Gasteiger partial charge is 0.416 e. The predicted octanol–water partition coefficient (Wildman–Crippen LogP) is 5.75. The van der Waals surface area contributed by atoms with Crippen molar-refractivity contribution < 1.29 is 35.9 Å². The number of alkyl halides is 6. The van der Waals surface area contributed by atoms with Crippen LogP contribution < -0.4 is 0 Å². The van der Waals surface area contributed by atoms with E-state index in [2.05, 4.69) is 20.3 Å². The van der Waals surface area contributed by atoms with E-state index in [1.807, 2.05) is 0 Å². The van der Waals surface area contributed by atoms with Crippen molar-refractivity contribution in [1.29, 1.82) is 0 Å². The van der Waals surface area contributed by atoms with E-state index in [1.54, 1.807) is 20.8 Å². The minimum absolute atomic E-state index is 0.0491. The Bertz CT molecular complexity index is 1410. The average Bonchev–Trinajstić information content (AvgIpc) is 3.34. The second-order valence-electron chi connectivity index (χ2n) is 7.39. The Morgan fingerprint density at radius 1 is 0.971 bits per heavy atom. The lowest BCUT2D eigenvalue weighted by Gasteiger charge is -2.13. The highest BCUT2D eigenvalue weighted by Gasteiger charge is 2.37. The number of aryl methyl sites for hydroxylation is 2. The van der Waals surface area contributed by atoms with Crippen LogP contribution in [0.15, 0.2) is 24.3 Å². The summed E-state index contributed by atoms with van der Waals surface area (Å²) in [6, 6.07) is 2.72. The summed E-state index contributed by atoms with van der Waals surface area (Å²) in [6.07, 6.45) is -9.98. The Balaban J connectivity index is 1.86. The number of benzene rings is 1. The number of rotatable bonds is 4. The first-order valence-electron chi connectivity index (χ1n) is 9.97. The van der Waals surface area contributed by atoms with Crippen LogP contribution in [0.4, 0.5) is 26.3 Å².